The number of ether oxygens (including phenoxy) is 2. The standard InChI is InChI=1S/C10H15N3O7/c11-8-12-6(16)1-3-2(14)4-5(15)9(1,13-8)7(17)10(18,19-3)20-4/h1-7,14-18H,(H3,11,12,13)/t1?,2-,3?,4?,5-,6-,7+,9-,10?/m1/s1. The number of hydrogen-bond acceptors (Lipinski definition) is 10. The summed E-state index contributed by atoms with van der Waals surface area (Å²) in [5.41, 5.74) is 3.95. The normalized spacial score (nSPS) is 63.6. The molecule has 4 fully saturated rings. The molecule has 0 aromatic carbocycles. The van der Waals surface area contributed by atoms with Gasteiger partial charge in [-0.25, -0.2) is 4.99 Å². The van der Waals surface area contributed by atoms with Crippen molar-refractivity contribution in [2.24, 2.45) is 16.6 Å². The molecule has 4 bridgehead atoms. The van der Waals surface area contributed by atoms with Crippen LogP contribution in [-0.4, -0.2) is 79.8 Å². The maximum absolute atomic E-state index is 10.4. The van der Waals surface area contributed by atoms with Gasteiger partial charge in [0.2, 0.25) is 0 Å². The van der Waals surface area contributed by atoms with Gasteiger partial charge in [-0.1, -0.05) is 0 Å². The second-order valence-electron chi connectivity index (χ2n) is 5.65. The Morgan fingerprint density at radius 2 is 1.80 bits per heavy atom. The molecule has 5 rings (SSSR count). The van der Waals surface area contributed by atoms with E-state index < -0.39 is 54.2 Å². The Balaban J connectivity index is 1.92. The van der Waals surface area contributed by atoms with E-state index in [1.807, 2.05) is 0 Å². The van der Waals surface area contributed by atoms with E-state index in [9.17, 15) is 25.5 Å². The van der Waals surface area contributed by atoms with Crippen molar-refractivity contribution in [1.29, 1.82) is 0 Å². The molecule has 1 spiro atoms. The Labute approximate surface area is 112 Å². The van der Waals surface area contributed by atoms with Crippen LogP contribution in [0, 0.1) is 5.92 Å². The number of nitrogens with two attached hydrogens (primary N) is 1. The average Bonchev–Trinajstić information content (AvgIpc) is 2.36. The van der Waals surface area contributed by atoms with Gasteiger partial charge in [-0.2, -0.15) is 0 Å². The fourth-order valence-electron chi connectivity index (χ4n) is 3.92. The van der Waals surface area contributed by atoms with Crippen molar-refractivity contribution in [3.63, 3.8) is 0 Å². The third-order valence-electron chi connectivity index (χ3n) is 4.72. The zero-order valence-electron chi connectivity index (χ0n) is 10.1. The van der Waals surface area contributed by atoms with Gasteiger partial charge < -0.3 is 46.1 Å². The lowest BCUT2D eigenvalue weighted by atomic mass is 9.59. The Hall–Kier alpha value is -1.01. The van der Waals surface area contributed by atoms with Crippen molar-refractivity contribution in [3.05, 3.63) is 0 Å². The van der Waals surface area contributed by atoms with Gasteiger partial charge in [0.25, 0.3) is 0 Å². The molecule has 0 radical (unpaired) electrons. The van der Waals surface area contributed by atoms with Crippen LogP contribution in [0.25, 0.3) is 0 Å². The quantitative estimate of drug-likeness (QED) is 0.231. The molecule has 10 nitrogen and oxygen atoms in total. The lowest BCUT2D eigenvalue weighted by Gasteiger charge is -2.68. The van der Waals surface area contributed by atoms with E-state index in [2.05, 4.69) is 10.3 Å². The summed E-state index contributed by atoms with van der Waals surface area (Å²) in [6.07, 6.45) is -8.06. The second-order valence-corrected chi connectivity index (χ2v) is 5.65. The smallest absolute Gasteiger partial charge is 0.311 e. The van der Waals surface area contributed by atoms with Crippen molar-refractivity contribution < 1.29 is 35.0 Å². The summed E-state index contributed by atoms with van der Waals surface area (Å²) in [5.74, 6) is -3.56. The molecule has 0 aromatic rings. The first-order chi connectivity index (χ1) is 9.31. The zero-order chi connectivity index (χ0) is 14.4. The van der Waals surface area contributed by atoms with Gasteiger partial charge in [0, 0.05) is 0 Å². The molecule has 0 aromatic heterocycles. The number of hydrogen-bond donors (Lipinski definition) is 7. The molecule has 3 saturated heterocycles. The molecule has 1 saturated carbocycles. The third kappa shape index (κ3) is 1.13. The predicted molar refractivity (Wildman–Crippen MR) is 59.7 cm³/mol. The van der Waals surface area contributed by atoms with Crippen molar-refractivity contribution >= 4 is 5.96 Å². The lowest BCUT2D eigenvalue weighted by molar-refractivity contribution is -0.532. The van der Waals surface area contributed by atoms with Crippen LogP contribution in [0.2, 0.25) is 0 Å². The van der Waals surface area contributed by atoms with Crippen LogP contribution < -0.4 is 11.1 Å². The number of aliphatic hydroxyl groups is 5. The molecule has 4 unspecified atom stereocenters. The van der Waals surface area contributed by atoms with Crippen LogP contribution in [0.5, 0.6) is 0 Å². The van der Waals surface area contributed by atoms with Gasteiger partial charge in [0.15, 0.2) is 18.3 Å². The number of nitrogens with one attached hydrogen (secondary N) is 1. The third-order valence-corrected chi connectivity index (χ3v) is 4.72. The predicted octanol–water partition coefficient (Wildman–Crippen LogP) is -4.88. The highest BCUT2D eigenvalue weighted by atomic mass is 16.9. The number of aliphatic hydroxyl groups excluding tert-OH is 4. The molecule has 10 heteroatoms. The minimum absolute atomic E-state index is 0.188. The van der Waals surface area contributed by atoms with Gasteiger partial charge in [0.05, 0.1) is 5.92 Å². The molecule has 9 atom stereocenters. The highest BCUT2D eigenvalue weighted by molar-refractivity contribution is 5.80. The van der Waals surface area contributed by atoms with Crippen LogP contribution in [-0.2, 0) is 9.47 Å². The maximum atomic E-state index is 10.4. The fraction of sp³-hybridized carbons (Fsp3) is 0.900. The summed E-state index contributed by atoms with van der Waals surface area (Å²) in [4.78, 5) is 3.71. The summed E-state index contributed by atoms with van der Waals surface area (Å²) in [6.45, 7) is 0. The Morgan fingerprint density at radius 3 is 2.50 bits per heavy atom. The first-order valence-electron chi connectivity index (χ1n) is 6.23. The van der Waals surface area contributed by atoms with Gasteiger partial charge in [-0.3, -0.25) is 0 Å². The molecule has 20 heavy (non-hydrogen) atoms. The zero-order valence-corrected chi connectivity index (χ0v) is 10.1. The largest absolute Gasteiger partial charge is 0.388 e. The van der Waals surface area contributed by atoms with Crippen LogP contribution >= 0.6 is 0 Å². The monoisotopic (exact) mass is 289 g/mol. The van der Waals surface area contributed by atoms with E-state index in [1.54, 1.807) is 0 Å². The summed E-state index contributed by atoms with van der Waals surface area (Å²) in [5, 5.41) is 53.7. The van der Waals surface area contributed by atoms with E-state index in [0.29, 0.717) is 0 Å². The highest BCUT2D eigenvalue weighted by Gasteiger charge is 2.79. The van der Waals surface area contributed by atoms with Gasteiger partial charge in [-0.15, -0.1) is 0 Å². The Morgan fingerprint density at radius 1 is 1.15 bits per heavy atom. The molecule has 112 valence electrons. The molecule has 0 amide bonds. The second kappa shape index (κ2) is 3.42. The summed E-state index contributed by atoms with van der Waals surface area (Å²) < 4.78 is 10.2. The summed E-state index contributed by atoms with van der Waals surface area (Å²) in [7, 11) is 0. The maximum Gasteiger partial charge on any atom is 0.311 e. The van der Waals surface area contributed by atoms with Crippen molar-refractivity contribution in [3.8, 4) is 0 Å². The molecule has 5 aliphatic rings. The first-order valence-corrected chi connectivity index (χ1v) is 6.23. The number of guanidine groups is 1. The molecule has 4 aliphatic heterocycles. The van der Waals surface area contributed by atoms with E-state index >= 15 is 0 Å². The summed E-state index contributed by atoms with van der Waals surface area (Å²) >= 11 is 0. The Kier molecular flexibility index (Phi) is 2.17. The van der Waals surface area contributed by atoms with E-state index in [-0.39, 0.29) is 5.96 Å². The fourth-order valence-corrected chi connectivity index (χ4v) is 3.92. The molecular formula is C10H15N3O7. The molecule has 8 N–H and O–H groups in total. The SMILES string of the molecule is NC1=N[C@H](O)C2C3OC4(O)OC([C@@H]3O)[C@@H](O)[C@@]2(N1)[C@@H]4O. The van der Waals surface area contributed by atoms with E-state index in [1.165, 1.54) is 0 Å². The summed E-state index contributed by atoms with van der Waals surface area (Å²) in [6, 6.07) is 0. The van der Waals surface area contributed by atoms with Crippen LogP contribution in [0.15, 0.2) is 4.99 Å². The van der Waals surface area contributed by atoms with E-state index in [4.69, 9.17) is 15.2 Å². The minimum atomic E-state index is -2.38. The van der Waals surface area contributed by atoms with E-state index in [0.717, 1.165) is 0 Å². The molecular weight excluding hydrogens is 274 g/mol. The molecule has 1 aliphatic carbocycles. The first kappa shape index (κ1) is 12.7. The van der Waals surface area contributed by atoms with Crippen molar-refractivity contribution in [1.82, 2.24) is 5.32 Å². The van der Waals surface area contributed by atoms with Crippen molar-refractivity contribution in [2.45, 2.75) is 48.3 Å². The lowest BCUT2D eigenvalue weighted by Crippen LogP contribution is -2.92. The van der Waals surface area contributed by atoms with Crippen LogP contribution in [0.1, 0.15) is 0 Å². The Bertz CT molecular complexity index is 503. The molecule has 4 heterocycles. The number of aliphatic imine (C=N–C) groups is 1. The van der Waals surface area contributed by atoms with Crippen molar-refractivity contribution in [2.75, 3.05) is 0 Å². The van der Waals surface area contributed by atoms with Crippen LogP contribution in [0.3, 0.4) is 0 Å². The van der Waals surface area contributed by atoms with Gasteiger partial charge in [-0.05, 0) is 0 Å². The number of rotatable bonds is 0. The number of nitrogens with zero attached hydrogens (tertiary/aromatic N) is 1. The van der Waals surface area contributed by atoms with Crippen LogP contribution in [0.4, 0.5) is 0 Å². The topological polar surface area (TPSA) is 170 Å². The van der Waals surface area contributed by atoms with Gasteiger partial charge >= 0.3 is 5.97 Å². The van der Waals surface area contributed by atoms with Gasteiger partial charge in [0.1, 0.15) is 30.0 Å². The average molecular weight is 289 g/mol. The highest BCUT2D eigenvalue weighted by Crippen LogP contribution is 2.55. The minimum Gasteiger partial charge on any atom is -0.388 e.